The molecular weight excluding hydrogens is 282 g/mol. The van der Waals surface area contributed by atoms with Crippen LogP contribution in [-0.2, 0) is 0 Å². The minimum Gasteiger partial charge on any atom is -0.330 e. The van der Waals surface area contributed by atoms with Gasteiger partial charge in [-0.3, -0.25) is 0 Å². The number of amides is 2. The predicted octanol–water partition coefficient (Wildman–Crippen LogP) is 1.86. The van der Waals surface area contributed by atoms with E-state index in [0.717, 1.165) is 29.5 Å². The van der Waals surface area contributed by atoms with E-state index in [2.05, 4.69) is 21.2 Å². The molecule has 2 amide bonds. The van der Waals surface area contributed by atoms with Crippen molar-refractivity contribution in [2.45, 2.75) is 12.5 Å². The Balaban J connectivity index is 2.00. The van der Waals surface area contributed by atoms with Crippen LogP contribution in [0.3, 0.4) is 0 Å². The molecule has 17 heavy (non-hydrogen) atoms. The van der Waals surface area contributed by atoms with Crippen molar-refractivity contribution in [3.05, 3.63) is 34.3 Å². The van der Waals surface area contributed by atoms with E-state index in [0.29, 0.717) is 6.54 Å². The smallest absolute Gasteiger partial charge is 0.318 e. The maximum absolute atomic E-state index is 11.7. The van der Waals surface area contributed by atoms with Crippen LogP contribution in [0, 0.1) is 0 Å². The summed E-state index contributed by atoms with van der Waals surface area (Å²) in [6.07, 6.45) is 0.848. The van der Waals surface area contributed by atoms with E-state index in [1.807, 2.05) is 29.2 Å². The van der Waals surface area contributed by atoms with Gasteiger partial charge in [0.2, 0.25) is 0 Å². The van der Waals surface area contributed by atoms with Crippen molar-refractivity contribution in [3.63, 3.8) is 0 Å². The Morgan fingerprint density at radius 2 is 2.12 bits per heavy atom. The Bertz CT molecular complexity index is 393. The van der Waals surface area contributed by atoms with E-state index in [1.165, 1.54) is 0 Å². The molecule has 92 valence electrons. The molecule has 1 atom stereocenters. The lowest BCUT2D eigenvalue weighted by molar-refractivity contribution is 0.217. The standard InChI is InChI=1S/C12H16BrN3O/c13-10-4-2-9(3-5-10)11-8-16(7-1-6-14)12(17)15-11/h2-5,11H,1,6-8,14H2,(H,15,17). The summed E-state index contributed by atoms with van der Waals surface area (Å²) in [5.41, 5.74) is 6.59. The van der Waals surface area contributed by atoms with Gasteiger partial charge in [0.25, 0.3) is 0 Å². The molecule has 1 heterocycles. The molecule has 1 unspecified atom stereocenters. The third-order valence-corrected chi connectivity index (χ3v) is 3.42. The zero-order valence-corrected chi connectivity index (χ0v) is 11.1. The molecular formula is C12H16BrN3O. The molecule has 1 aromatic carbocycles. The highest BCUT2D eigenvalue weighted by molar-refractivity contribution is 9.10. The molecule has 0 bridgehead atoms. The fourth-order valence-electron chi connectivity index (χ4n) is 1.95. The Morgan fingerprint density at radius 3 is 2.76 bits per heavy atom. The molecule has 0 spiro atoms. The first-order chi connectivity index (χ1) is 8.20. The highest BCUT2D eigenvalue weighted by Crippen LogP contribution is 2.22. The molecule has 1 saturated heterocycles. The van der Waals surface area contributed by atoms with Crippen molar-refractivity contribution in [1.29, 1.82) is 0 Å². The monoisotopic (exact) mass is 297 g/mol. The lowest BCUT2D eigenvalue weighted by atomic mass is 10.1. The Labute approximate surface area is 109 Å². The third kappa shape index (κ3) is 2.98. The molecule has 0 radical (unpaired) electrons. The van der Waals surface area contributed by atoms with Crippen LogP contribution in [0.5, 0.6) is 0 Å². The molecule has 1 aromatic rings. The maximum atomic E-state index is 11.7. The maximum Gasteiger partial charge on any atom is 0.318 e. The average molecular weight is 298 g/mol. The first-order valence-corrected chi connectivity index (χ1v) is 6.51. The fraction of sp³-hybridized carbons (Fsp3) is 0.417. The molecule has 0 aliphatic carbocycles. The van der Waals surface area contributed by atoms with Gasteiger partial charge in [0, 0.05) is 17.6 Å². The molecule has 1 aliphatic rings. The van der Waals surface area contributed by atoms with Gasteiger partial charge >= 0.3 is 6.03 Å². The summed E-state index contributed by atoms with van der Waals surface area (Å²) < 4.78 is 1.05. The van der Waals surface area contributed by atoms with Gasteiger partial charge in [-0.25, -0.2) is 4.79 Å². The van der Waals surface area contributed by atoms with E-state index in [9.17, 15) is 4.79 Å². The number of hydrogen-bond acceptors (Lipinski definition) is 2. The molecule has 4 nitrogen and oxygen atoms in total. The number of urea groups is 1. The zero-order chi connectivity index (χ0) is 12.3. The summed E-state index contributed by atoms with van der Waals surface area (Å²) in [7, 11) is 0. The van der Waals surface area contributed by atoms with Crippen LogP contribution in [-0.4, -0.2) is 30.6 Å². The number of halogens is 1. The van der Waals surface area contributed by atoms with E-state index >= 15 is 0 Å². The lowest BCUT2D eigenvalue weighted by Gasteiger charge is -2.13. The van der Waals surface area contributed by atoms with Gasteiger partial charge in [-0.1, -0.05) is 28.1 Å². The molecule has 2 rings (SSSR count). The first kappa shape index (κ1) is 12.4. The Kier molecular flexibility index (Phi) is 4.02. The average Bonchev–Trinajstić information content (AvgIpc) is 2.69. The van der Waals surface area contributed by atoms with Gasteiger partial charge in [-0.15, -0.1) is 0 Å². The summed E-state index contributed by atoms with van der Waals surface area (Å²) in [6.45, 7) is 2.07. The number of nitrogens with two attached hydrogens (primary N) is 1. The van der Waals surface area contributed by atoms with Crippen molar-refractivity contribution in [2.75, 3.05) is 19.6 Å². The number of hydrogen-bond donors (Lipinski definition) is 2. The highest BCUT2D eigenvalue weighted by Gasteiger charge is 2.28. The molecule has 5 heteroatoms. The second-order valence-electron chi connectivity index (χ2n) is 4.14. The summed E-state index contributed by atoms with van der Waals surface area (Å²) in [5.74, 6) is 0. The van der Waals surface area contributed by atoms with E-state index in [4.69, 9.17) is 5.73 Å². The van der Waals surface area contributed by atoms with Crippen LogP contribution >= 0.6 is 15.9 Å². The van der Waals surface area contributed by atoms with Crippen LogP contribution in [0.1, 0.15) is 18.0 Å². The Morgan fingerprint density at radius 1 is 1.41 bits per heavy atom. The van der Waals surface area contributed by atoms with Gasteiger partial charge in [0.05, 0.1) is 6.04 Å². The topological polar surface area (TPSA) is 58.4 Å². The summed E-state index contributed by atoms with van der Waals surface area (Å²) in [5, 5.41) is 2.98. The summed E-state index contributed by atoms with van der Waals surface area (Å²) >= 11 is 3.40. The molecule has 0 aromatic heterocycles. The predicted molar refractivity (Wildman–Crippen MR) is 70.7 cm³/mol. The second kappa shape index (κ2) is 5.51. The molecule has 0 saturated carbocycles. The number of benzene rings is 1. The molecule has 1 aliphatic heterocycles. The van der Waals surface area contributed by atoms with Gasteiger partial charge in [-0.05, 0) is 30.7 Å². The normalized spacial score (nSPS) is 19.5. The van der Waals surface area contributed by atoms with Crippen molar-refractivity contribution in [1.82, 2.24) is 10.2 Å². The van der Waals surface area contributed by atoms with Crippen LogP contribution in [0.4, 0.5) is 4.79 Å². The van der Waals surface area contributed by atoms with Crippen molar-refractivity contribution >= 4 is 22.0 Å². The second-order valence-corrected chi connectivity index (χ2v) is 5.06. The van der Waals surface area contributed by atoms with E-state index < -0.39 is 0 Å². The van der Waals surface area contributed by atoms with Crippen LogP contribution in [0.2, 0.25) is 0 Å². The van der Waals surface area contributed by atoms with Gasteiger partial charge in [0.15, 0.2) is 0 Å². The minimum atomic E-state index is 0.00590. The third-order valence-electron chi connectivity index (χ3n) is 2.89. The molecule has 3 N–H and O–H groups in total. The van der Waals surface area contributed by atoms with Crippen molar-refractivity contribution < 1.29 is 4.79 Å². The van der Waals surface area contributed by atoms with E-state index in [1.54, 1.807) is 0 Å². The first-order valence-electron chi connectivity index (χ1n) is 5.71. The van der Waals surface area contributed by atoms with Gasteiger partial charge < -0.3 is 16.0 Å². The zero-order valence-electron chi connectivity index (χ0n) is 9.53. The highest BCUT2D eigenvalue weighted by atomic mass is 79.9. The largest absolute Gasteiger partial charge is 0.330 e. The van der Waals surface area contributed by atoms with Crippen LogP contribution in [0.25, 0.3) is 0 Å². The lowest BCUT2D eigenvalue weighted by Crippen LogP contribution is -2.30. The number of nitrogens with zero attached hydrogens (tertiary/aromatic N) is 1. The molecule has 1 fully saturated rings. The summed E-state index contributed by atoms with van der Waals surface area (Å²) in [6, 6.07) is 8.14. The fourth-order valence-corrected chi connectivity index (χ4v) is 2.21. The number of carbonyl (C=O) groups excluding carboxylic acids is 1. The number of nitrogens with one attached hydrogen (secondary N) is 1. The number of rotatable bonds is 4. The SMILES string of the molecule is NCCCN1CC(c2ccc(Br)cc2)NC1=O. The minimum absolute atomic E-state index is 0.00590. The Hall–Kier alpha value is -1.07. The van der Waals surface area contributed by atoms with Crippen molar-refractivity contribution in [3.8, 4) is 0 Å². The van der Waals surface area contributed by atoms with Crippen LogP contribution < -0.4 is 11.1 Å². The van der Waals surface area contributed by atoms with Crippen molar-refractivity contribution in [2.24, 2.45) is 5.73 Å². The van der Waals surface area contributed by atoms with Crippen LogP contribution in [0.15, 0.2) is 28.7 Å². The van der Waals surface area contributed by atoms with Gasteiger partial charge in [-0.2, -0.15) is 0 Å². The van der Waals surface area contributed by atoms with E-state index in [-0.39, 0.29) is 12.1 Å². The quantitative estimate of drug-likeness (QED) is 0.891. The summed E-state index contributed by atoms with van der Waals surface area (Å²) in [4.78, 5) is 13.5. The van der Waals surface area contributed by atoms with Gasteiger partial charge in [0.1, 0.15) is 0 Å². The number of carbonyl (C=O) groups is 1.